The van der Waals surface area contributed by atoms with Crippen LogP contribution >= 0.6 is 0 Å². The lowest BCUT2D eigenvalue weighted by atomic mass is 9.87. The predicted molar refractivity (Wildman–Crippen MR) is 46.0 cm³/mol. The summed E-state index contributed by atoms with van der Waals surface area (Å²) in [5, 5.41) is 0. The highest BCUT2D eigenvalue weighted by molar-refractivity contribution is 5.08. The maximum atomic E-state index is 5.99. The summed E-state index contributed by atoms with van der Waals surface area (Å²) in [4.78, 5) is 2.36. The summed E-state index contributed by atoms with van der Waals surface area (Å²) >= 11 is 0. The van der Waals surface area contributed by atoms with Gasteiger partial charge in [-0.15, -0.1) is 0 Å². The van der Waals surface area contributed by atoms with Crippen LogP contribution in [0.1, 0.15) is 19.8 Å². The van der Waals surface area contributed by atoms with Gasteiger partial charge in [0, 0.05) is 18.1 Å². The second kappa shape index (κ2) is 2.24. The van der Waals surface area contributed by atoms with Gasteiger partial charge >= 0.3 is 0 Å². The van der Waals surface area contributed by atoms with Gasteiger partial charge in [0.2, 0.25) is 0 Å². The molecule has 2 aliphatic heterocycles. The minimum absolute atomic E-state index is 0.391. The fourth-order valence-electron chi connectivity index (χ4n) is 2.81. The lowest BCUT2D eigenvalue weighted by Crippen LogP contribution is -2.39. The van der Waals surface area contributed by atoms with E-state index >= 15 is 0 Å². The summed E-state index contributed by atoms with van der Waals surface area (Å²) < 4.78 is 0. The largest absolute Gasteiger partial charge is 0.370 e. The topological polar surface area (TPSA) is 29.3 Å². The molecule has 2 nitrogen and oxygen atoms in total. The van der Waals surface area contributed by atoms with E-state index < -0.39 is 0 Å². The zero-order valence-electron chi connectivity index (χ0n) is 7.03. The Morgan fingerprint density at radius 1 is 1.55 bits per heavy atom. The van der Waals surface area contributed by atoms with E-state index in [9.17, 15) is 0 Å². The van der Waals surface area contributed by atoms with Crippen molar-refractivity contribution in [1.29, 1.82) is 0 Å². The maximum absolute atomic E-state index is 5.99. The quantitative estimate of drug-likeness (QED) is 0.606. The van der Waals surface area contributed by atoms with Gasteiger partial charge in [0.1, 0.15) is 0 Å². The fourth-order valence-corrected chi connectivity index (χ4v) is 2.81. The van der Waals surface area contributed by atoms with Gasteiger partial charge in [-0.3, -0.25) is 0 Å². The Balaban J connectivity index is 2.22. The summed E-state index contributed by atoms with van der Waals surface area (Å²) in [7, 11) is 0. The number of rotatable bonds is 1. The molecule has 2 aliphatic rings. The van der Waals surface area contributed by atoms with Gasteiger partial charge in [0.25, 0.3) is 0 Å². The molecule has 0 spiro atoms. The molecule has 2 N–H and O–H groups in total. The number of nitrogens with zero attached hydrogens (tertiary/aromatic N) is 1. The van der Waals surface area contributed by atoms with E-state index in [0.29, 0.717) is 18.1 Å². The highest BCUT2D eigenvalue weighted by Crippen LogP contribution is 2.40. The highest BCUT2D eigenvalue weighted by Gasteiger charge is 2.47. The highest BCUT2D eigenvalue weighted by atomic mass is 15.2. The van der Waals surface area contributed by atoms with Crippen LogP contribution in [0.15, 0.2) is 12.8 Å². The van der Waals surface area contributed by atoms with Crippen LogP contribution in [0, 0.1) is 5.92 Å². The predicted octanol–water partition coefficient (Wildman–Crippen LogP) is 0.940. The molecule has 0 aromatic rings. The van der Waals surface area contributed by atoms with Crippen molar-refractivity contribution >= 4 is 0 Å². The molecule has 0 aromatic carbocycles. The van der Waals surface area contributed by atoms with Gasteiger partial charge in [-0.2, -0.15) is 0 Å². The summed E-state index contributed by atoms with van der Waals surface area (Å²) in [6.07, 6.45) is 4.44. The van der Waals surface area contributed by atoms with Gasteiger partial charge < -0.3 is 10.6 Å². The fraction of sp³-hybridized carbons (Fsp3) is 0.778. The molecule has 0 aromatic heterocycles. The minimum atomic E-state index is 0.391. The molecule has 0 radical (unpaired) electrons. The summed E-state index contributed by atoms with van der Waals surface area (Å²) in [6.45, 7) is 6.11. The van der Waals surface area contributed by atoms with Crippen LogP contribution in [0.5, 0.6) is 0 Å². The average molecular weight is 152 g/mol. The Morgan fingerprint density at radius 2 is 2.27 bits per heavy atom. The van der Waals surface area contributed by atoms with Crippen molar-refractivity contribution in [3.8, 4) is 0 Å². The lowest BCUT2D eigenvalue weighted by molar-refractivity contribution is 0.316. The van der Waals surface area contributed by atoms with Crippen LogP contribution in [0.25, 0.3) is 0 Å². The second-order valence-electron chi connectivity index (χ2n) is 3.89. The maximum Gasteiger partial charge on any atom is 0.0465 e. The van der Waals surface area contributed by atoms with Gasteiger partial charge in [-0.1, -0.05) is 13.5 Å². The number of hydrogen-bond donors (Lipinski definition) is 1. The third-order valence-corrected chi connectivity index (χ3v) is 3.19. The molecule has 0 saturated carbocycles. The molecular weight excluding hydrogens is 136 g/mol. The molecule has 0 aliphatic carbocycles. The summed E-state index contributed by atoms with van der Waals surface area (Å²) in [5.74, 6) is 0.766. The molecule has 2 rings (SSSR count). The Bertz CT molecular complexity index is 166. The molecule has 4 atom stereocenters. The van der Waals surface area contributed by atoms with Crippen molar-refractivity contribution in [1.82, 2.24) is 4.90 Å². The Kier molecular flexibility index (Phi) is 1.46. The molecule has 2 bridgehead atoms. The SMILES string of the molecule is C=CN1[C@H]2CC(C)[C@@H]1[C@H](N)C2. The van der Waals surface area contributed by atoms with Gasteiger partial charge in [0.05, 0.1) is 0 Å². The minimum Gasteiger partial charge on any atom is -0.370 e. The number of hydrogen-bond acceptors (Lipinski definition) is 2. The molecule has 11 heavy (non-hydrogen) atoms. The first-order valence-electron chi connectivity index (χ1n) is 4.39. The van der Waals surface area contributed by atoms with Gasteiger partial charge in [-0.05, 0) is 25.0 Å². The van der Waals surface area contributed by atoms with E-state index in [2.05, 4.69) is 18.4 Å². The normalized spacial score (nSPS) is 48.4. The van der Waals surface area contributed by atoms with Crippen LogP contribution in [-0.4, -0.2) is 23.0 Å². The Hall–Kier alpha value is -0.500. The van der Waals surface area contributed by atoms with E-state index in [1.165, 1.54) is 12.8 Å². The molecule has 2 heterocycles. The monoisotopic (exact) mass is 152 g/mol. The van der Waals surface area contributed by atoms with Crippen LogP contribution < -0.4 is 5.73 Å². The van der Waals surface area contributed by atoms with E-state index in [1.807, 2.05) is 6.20 Å². The van der Waals surface area contributed by atoms with Gasteiger partial charge in [0.15, 0.2) is 0 Å². The standard InChI is InChI=1S/C9H16N2/c1-3-11-7-4-6(2)9(11)8(10)5-7/h3,6-9H,1,4-5,10H2,2H3/t6?,7-,8+,9+/m0/s1. The van der Waals surface area contributed by atoms with Crippen molar-refractivity contribution in [2.24, 2.45) is 11.7 Å². The molecular formula is C9H16N2. The molecule has 2 heteroatoms. The van der Waals surface area contributed by atoms with E-state index in [-0.39, 0.29) is 0 Å². The third kappa shape index (κ3) is 0.822. The molecule has 0 amide bonds. The van der Waals surface area contributed by atoms with Crippen LogP contribution in [-0.2, 0) is 0 Å². The Morgan fingerprint density at radius 3 is 2.64 bits per heavy atom. The molecule has 2 saturated heterocycles. The zero-order chi connectivity index (χ0) is 8.01. The summed E-state index contributed by atoms with van der Waals surface area (Å²) in [5.41, 5.74) is 5.99. The average Bonchev–Trinajstić information content (AvgIpc) is 2.39. The number of nitrogens with two attached hydrogens (primary N) is 1. The first-order chi connectivity index (χ1) is 5.24. The molecule has 62 valence electrons. The van der Waals surface area contributed by atoms with Crippen molar-refractivity contribution < 1.29 is 0 Å². The van der Waals surface area contributed by atoms with Crippen LogP contribution in [0.2, 0.25) is 0 Å². The van der Waals surface area contributed by atoms with E-state index in [0.717, 1.165) is 5.92 Å². The smallest absolute Gasteiger partial charge is 0.0465 e. The van der Waals surface area contributed by atoms with Crippen molar-refractivity contribution in [2.45, 2.75) is 37.9 Å². The van der Waals surface area contributed by atoms with Crippen LogP contribution in [0.3, 0.4) is 0 Å². The van der Waals surface area contributed by atoms with E-state index in [1.54, 1.807) is 0 Å². The zero-order valence-corrected chi connectivity index (χ0v) is 7.03. The van der Waals surface area contributed by atoms with E-state index in [4.69, 9.17) is 5.73 Å². The molecule has 2 fully saturated rings. The second-order valence-corrected chi connectivity index (χ2v) is 3.89. The van der Waals surface area contributed by atoms with Crippen LogP contribution in [0.4, 0.5) is 0 Å². The molecule has 1 unspecified atom stereocenters. The van der Waals surface area contributed by atoms with Crippen molar-refractivity contribution in [3.05, 3.63) is 12.8 Å². The first kappa shape index (κ1) is 7.17. The summed E-state index contributed by atoms with van der Waals surface area (Å²) in [6, 6.07) is 1.67. The van der Waals surface area contributed by atoms with Gasteiger partial charge in [-0.25, -0.2) is 0 Å². The van der Waals surface area contributed by atoms with Crippen molar-refractivity contribution in [2.75, 3.05) is 0 Å². The number of fused-ring (bicyclic) bond motifs is 2. The first-order valence-corrected chi connectivity index (χ1v) is 4.39. The van der Waals surface area contributed by atoms with Crippen molar-refractivity contribution in [3.63, 3.8) is 0 Å². The Labute approximate surface area is 68.1 Å². The lowest BCUT2D eigenvalue weighted by Gasteiger charge is -2.23. The third-order valence-electron chi connectivity index (χ3n) is 3.19.